The Labute approximate surface area is 262 Å². The predicted octanol–water partition coefficient (Wildman–Crippen LogP) is 1.24. The van der Waals surface area contributed by atoms with Gasteiger partial charge in [-0.25, -0.2) is 9.13 Å². The number of phosphoric acid groups is 2. The number of carbonyl (C=O) groups is 2. The Hall–Kier alpha value is -2.89. The van der Waals surface area contributed by atoms with E-state index in [1.807, 2.05) is 34.1 Å². The van der Waals surface area contributed by atoms with Gasteiger partial charge in [-0.3, -0.25) is 24.3 Å². The summed E-state index contributed by atoms with van der Waals surface area (Å²) in [5, 5.41) is 0. The molecule has 258 valence electrons. The molecule has 15 nitrogen and oxygen atoms in total. The highest BCUT2D eigenvalue weighted by Gasteiger charge is 2.32. The Morgan fingerprint density at radius 2 is 1.30 bits per heavy atom. The van der Waals surface area contributed by atoms with Crippen LogP contribution in [0.25, 0.3) is 0 Å². The number of rotatable bonds is 8. The molecule has 2 fully saturated rings. The zero-order valence-electron chi connectivity index (χ0n) is 24.7. The Morgan fingerprint density at radius 1 is 0.783 bits per heavy atom. The molecule has 2 aromatic rings. The molecule has 0 bridgehead atoms. The van der Waals surface area contributed by atoms with Crippen molar-refractivity contribution >= 4 is 33.1 Å². The number of hydrogen-bond acceptors (Lipinski definition) is 8. The summed E-state index contributed by atoms with van der Waals surface area (Å²) in [6.07, 6.45) is -3.54. The maximum atomic E-state index is 13.0. The van der Waals surface area contributed by atoms with E-state index in [2.05, 4.69) is 4.90 Å². The fourth-order valence-electron chi connectivity index (χ4n) is 4.66. The minimum absolute atomic E-state index is 0.205. The molecule has 0 aromatic heterocycles. The quantitative estimate of drug-likeness (QED) is 0.169. The van der Waals surface area contributed by atoms with Gasteiger partial charge >= 0.3 is 21.8 Å². The number of imide groups is 1. The van der Waals surface area contributed by atoms with Gasteiger partial charge in [-0.2, -0.15) is 13.2 Å². The number of amides is 2. The molecule has 2 aliphatic heterocycles. The summed E-state index contributed by atoms with van der Waals surface area (Å²) < 4.78 is 62.0. The largest absolute Gasteiger partial charge is 0.497 e. The number of benzene rings is 2. The second kappa shape index (κ2) is 17.3. The van der Waals surface area contributed by atoms with E-state index in [1.54, 1.807) is 13.2 Å². The molecule has 2 heterocycles. The van der Waals surface area contributed by atoms with Crippen LogP contribution in [0, 0.1) is 0 Å². The fourth-order valence-corrected chi connectivity index (χ4v) is 4.66. The number of carbonyl (C=O) groups excluding carboxylic acids is 2. The number of piperazine rings is 2. The lowest BCUT2D eigenvalue weighted by Crippen LogP contribution is -2.54. The number of methoxy groups -OCH3 is 1. The Balaban J connectivity index is 0.000000642. The Kier molecular flexibility index (Phi) is 14.8. The van der Waals surface area contributed by atoms with Crippen molar-refractivity contribution in [3.63, 3.8) is 0 Å². The normalized spacial score (nSPS) is 16.7. The number of hydrogen-bond donors (Lipinski definition) is 6. The van der Waals surface area contributed by atoms with Crippen LogP contribution < -0.4 is 9.64 Å². The minimum atomic E-state index is -4.64. The standard InChI is InChI=1S/C26H31F3N4O3.2H3O4P/c1-36-23-8-2-5-20(15-23)17-33-24(34)18-31(19-25(33)35)10-4-9-30-11-13-32(14-12-30)22-7-3-6-21(16-22)26(27,28)29;2*1-5(2,3)4/h2-3,5-8,15-16H,4,9-14,17-19H2,1H3;2*(H3,1,2,3,4). The SMILES string of the molecule is COc1cccc(CN2C(=O)CN(CCCN3CCN(c4cccc(C(F)(F)F)c4)CC3)CC2=O)c1.O=P(O)(O)O.O=P(O)(O)O. The van der Waals surface area contributed by atoms with Crippen LogP contribution in [0.2, 0.25) is 0 Å². The van der Waals surface area contributed by atoms with E-state index >= 15 is 0 Å². The van der Waals surface area contributed by atoms with Crippen LogP contribution >= 0.6 is 15.6 Å². The minimum Gasteiger partial charge on any atom is -0.497 e. The topological polar surface area (TPSA) is 212 Å². The number of anilines is 1. The molecule has 20 heteroatoms. The van der Waals surface area contributed by atoms with E-state index in [0.29, 0.717) is 31.1 Å². The van der Waals surface area contributed by atoms with Crippen molar-refractivity contribution in [2.75, 3.05) is 64.4 Å². The van der Waals surface area contributed by atoms with Gasteiger partial charge in [-0.1, -0.05) is 18.2 Å². The third kappa shape index (κ3) is 15.6. The van der Waals surface area contributed by atoms with Crippen LogP contribution in [0.15, 0.2) is 48.5 Å². The zero-order valence-corrected chi connectivity index (χ0v) is 26.5. The second-order valence-corrected chi connectivity index (χ2v) is 12.2. The Bertz CT molecular complexity index is 1340. The first-order valence-corrected chi connectivity index (χ1v) is 16.8. The van der Waals surface area contributed by atoms with Crippen molar-refractivity contribution < 1.29 is 66.0 Å². The lowest BCUT2D eigenvalue weighted by atomic mass is 10.1. The van der Waals surface area contributed by atoms with Crippen LogP contribution in [0.3, 0.4) is 0 Å². The van der Waals surface area contributed by atoms with Crippen LogP contribution in [0.4, 0.5) is 18.9 Å². The van der Waals surface area contributed by atoms with E-state index in [1.165, 1.54) is 17.0 Å². The van der Waals surface area contributed by atoms with Crippen molar-refractivity contribution in [3.8, 4) is 5.75 Å². The summed E-state index contributed by atoms with van der Waals surface area (Å²) in [5.41, 5.74) is 0.803. The van der Waals surface area contributed by atoms with Gasteiger partial charge in [0.25, 0.3) is 0 Å². The summed E-state index contributed by atoms with van der Waals surface area (Å²) in [7, 11) is -7.70. The van der Waals surface area contributed by atoms with Crippen molar-refractivity contribution in [1.29, 1.82) is 0 Å². The van der Waals surface area contributed by atoms with Crippen LogP contribution in [0.1, 0.15) is 17.5 Å². The molecule has 4 rings (SSSR count). The third-order valence-corrected chi connectivity index (χ3v) is 6.65. The lowest BCUT2D eigenvalue weighted by molar-refractivity contribution is -0.152. The number of halogens is 3. The number of nitrogens with zero attached hydrogens (tertiary/aromatic N) is 4. The number of alkyl halides is 3. The molecular weight excluding hydrogens is 663 g/mol. The first-order valence-electron chi connectivity index (χ1n) is 13.6. The molecule has 0 spiro atoms. The van der Waals surface area contributed by atoms with Crippen molar-refractivity contribution in [2.24, 2.45) is 0 Å². The molecule has 2 saturated heterocycles. The van der Waals surface area contributed by atoms with Gasteiger partial charge in [0, 0.05) is 38.4 Å². The van der Waals surface area contributed by atoms with Gasteiger partial charge in [-0.05, 0) is 48.9 Å². The molecule has 0 saturated carbocycles. The van der Waals surface area contributed by atoms with Crippen molar-refractivity contribution in [2.45, 2.75) is 19.1 Å². The maximum absolute atomic E-state index is 13.0. The average molecular weight is 701 g/mol. The highest BCUT2D eigenvalue weighted by molar-refractivity contribution is 7.45. The summed E-state index contributed by atoms with van der Waals surface area (Å²) in [6.45, 7) is 4.91. The summed E-state index contributed by atoms with van der Waals surface area (Å²) in [4.78, 5) is 75.8. The molecule has 0 atom stereocenters. The van der Waals surface area contributed by atoms with Crippen LogP contribution in [-0.4, -0.2) is 115 Å². The van der Waals surface area contributed by atoms with E-state index in [-0.39, 0.29) is 31.4 Å². The Morgan fingerprint density at radius 3 is 1.83 bits per heavy atom. The molecule has 2 aliphatic rings. The van der Waals surface area contributed by atoms with E-state index < -0.39 is 27.4 Å². The lowest BCUT2D eigenvalue weighted by Gasteiger charge is -2.37. The van der Waals surface area contributed by atoms with Gasteiger partial charge in [0.05, 0.1) is 32.3 Å². The molecule has 0 aliphatic carbocycles. The molecular formula is C26H37F3N4O11P2. The van der Waals surface area contributed by atoms with Crippen LogP contribution in [-0.2, 0) is 31.4 Å². The zero-order chi connectivity index (χ0) is 34.7. The second-order valence-electron chi connectivity index (χ2n) is 10.2. The molecule has 2 aromatic carbocycles. The molecule has 46 heavy (non-hydrogen) atoms. The van der Waals surface area contributed by atoms with Gasteiger partial charge in [0.15, 0.2) is 0 Å². The average Bonchev–Trinajstić information content (AvgIpc) is 2.93. The monoisotopic (exact) mass is 700 g/mol. The summed E-state index contributed by atoms with van der Waals surface area (Å²) in [6, 6.07) is 12.8. The van der Waals surface area contributed by atoms with E-state index in [0.717, 1.165) is 37.7 Å². The van der Waals surface area contributed by atoms with Crippen molar-refractivity contribution in [1.82, 2.24) is 14.7 Å². The molecule has 6 N–H and O–H groups in total. The predicted molar refractivity (Wildman–Crippen MR) is 158 cm³/mol. The summed E-state index contributed by atoms with van der Waals surface area (Å²) >= 11 is 0. The molecule has 0 radical (unpaired) electrons. The van der Waals surface area contributed by atoms with Crippen molar-refractivity contribution in [3.05, 3.63) is 59.7 Å². The number of ether oxygens (including phenoxy) is 1. The van der Waals surface area contributed by atoms with E-state index in [4.69, 9.17) is 43.2 Å². The highest BCUT2D eigenvalue weighted by atomic mass is 31.2. The van der Waals surface area contributed by atoms with Gasteiger partial charge in [0.2, 0.25) is 11.8 Å². The third-order valence-electron chi connectivity index (χ3n) is 6.65. The molecule has 0 unspecified atom stereocenters. The summed E-state index contributed by atoms with van der Waals surface area (Å²) in [5.74, 6) is 0.272. The fraction of sp³-hybridized carbons (Fsp3) is 0.462. The molecule has 2 amide bonds. The highest BCUT2D eigenvalue weighted by Crippen LogP contribution is 2.32. The van der Waals surface area contributed by atoms with Gasteiger partial charge < -0.3 is 39.0 Å². The van der Waals surface area contributed by atoms with Gasteiger partial charge in [-0.15, -0.1) is 0 Å². The van der Waals surface area contributed by atoms with Gasteiger partial charge in [0.1, 0.15) is 5.75 Å². The van der Waals surface area contributed by atoms with Crippen LogP contribution in [0.5, 0.6) is 5.75 Å². The first-order chi connectivity index (χ1) is 21.2. The smallest absolute Gasteiger partial charge is 0.466 e. The maximum Gasteiger partial charge on any atom is 0.466 e. The van der Waals surface area contributed by atoms with E-state index in [9.17, 15) is 22.8 Å². The first kappa shape index (κ1) is 39.3.